The van der Waals surface area contributed by atoms with Crippen molar-refractivity contribution in [3.8, 4) is 0 Å². The zero-order valence-corrected chi connectivity index (χ0v) is 8.83. The van der Waals surface area contributed by atoms with Crippen LogP contribution in [0, 0.1) is 0 Å². The summed E-state index contributed by atoms with van der Waals surface area (Å²) in [5.41, 5.74) is 0. The van der Waals surface area contributed by atoms with Gasteiger partial charge in [-0.1, -0.05) is 0 Å². The van der Waals surface area contributed by atoms with Gasteiger partial charge in [0.15, 0.2) is 5.82 Å². The van der Waals surface area contributed by atoms with Crippen molar-refractivity contribution in [1.82, 2.24) is 9.78 Å². The van der Waals surface area contributed by atoms with Crippen molar-refractivity contribution in [3.63, 3.8) is 0 Å². The molecule has 0 spiro atoms. The fraction of sp³-hybridized carbons (Fsp3) is 0.200. The number of aromatic nitrogens is 2. The summed E-state index contributed by atoms with van der Waals surface area (Å²) < 4.78 is 2.44. The first-order valence-electron chi connectivity index (χ1n) is 3.05. The second kappa shape index (κ2) is 2.74. The van der Waals surface area contributed by atoms with Crippen LogP contribution in [-0.2, 0) is 0 Å². The van der Waals surface area contributed by atoms with Crippen LogP contribution >= 0.6 is 31.9 Å². The van der Waals surface area contributed by atoms with Crippen LogP contribution in [0.2, 0.25) is 0 Å². The fourth-order valence-electron chi connectivity index (χ4n) is 0.854. The zero-order valence-electron chi connectivity index (χ0n) is 5.66. The van der Waals surface area contributed by atoms with Gasteiger partial charge in [-0.2, -0.15) is 14.9 Å². The van der Waals surface area contributed by atoms with Crippen molar-refractivity contribution < 1.29 is 4.79 Å². The van der Waals surface area contributed by atoms with E-state index in [1.54, 1.807) is 0 Å². The SMILES string of the molecule is O=C1CN=Nc2c(Br)c(Br)nn21. The van der Waals surface area contributed by atoms with Crippen molar-refractivity contribution in [2.75, 3.05) is 6.54 Å². The Morgan fingerprint density at radius 2 is 2.17 bits per heavy atom. The highest BCUT2D eigenvalue weighted by Crippen LogP contribution is 2.33. The summed E-state index contributed by atoms with van der Waals surface area (Å²) in [6, 6.07) is 0. The lowest BCUT2D eigenvalue weighted by Gasteiger charge is -2.02. The molecule has 0 saturated carbocycles. The van der Waals surface area contributed by atoms with Crippen LogP contribution in [0.25, 0.3) is 0 Å². The van der Waals surface area contributed by atoms with Gasteiger partial charge in [0.25, 0.3) is 5.91 Å². The summed E-state index contributed by atoms with van der Waals surface area (Å²) in [4.78, 5) is 11.2. The highest BCUT2D eigenvalue weighted by molar-refractivity contribution is 9.13. The van der Waals surface area contributed by atoms with Crippen LogP contribution in [-0.4, -0.2) is 22.2 Å². The smallest absolute Gasteiger partial charge is 0.270 e. The Hall–Kier alpha value is -0.560. The number of halogens is 2. The molecule has 0 saturated heterocycles. The summed E-state index contributed by atoms with van der Waals surface area (Å²) in [7, 11) is 0. The van der Waals surface area contributed by atoms with Crippen molar-refractivity contribution >= 4 is 43.6 Å². The first-order valence-corrected chi connectivity index (χ1v) is 4.63. The molecule has 62 valence electrons. The molecule has 0 bridgehead atoms. The first-order chi connectivity index (χ1) is 5.70. The topological polar surface area (TPSA) is 59.6 Å². The molecule has 0 fully saturated rings. The number of carbonyl (C=O) groups excluding carboxylic acids is 1. The van der Waals surface area contributed by atoms with Crippen LogP contribution in [0.5, 0.6) is 0 Å². The van der Waals surface area contributed by atoms with Gasteiger partial charge in [0, 0.05) is 0 Å². The molecule has 1 aliphatic heterocycles. The Bertz CT molecular complexity index is 383. The third kappa shape index (κ3) is 1.04. The Morgan fingerprint density at radius 3 is 2.83 bits per heavy atom. The van der Waals surface area contributed by atoms with E-state index in [1.165, 1.54) is 4.68 Å². The number of rotatable bonds is 0. The molecule has 5 nitrogen and oxygen atoms in total. The molecular weight excluding hydrogens is 292 g/mol. The molecule has 7 heteroatoms. The Labute approximate surface area is 84.1 Å². The molecule has 0 aliphatic carbocycles. The molecule has 1 aromatic heterocycles. The first kappa shape index (κ1) is 8.06. The van der Waals surface area contributed by atoms with Gasteiger partial charge < -0.3 is 0 Å². The van der Waals surface area contributed by atoms with E-state index < -0.39 is 0 Å². The monoisotopic (exact) mass is 292 g/mol. The number of fused-ring (bicyclic) bond motifs is 1. The van der Waals surface area contributed by atoms with Crippen LogP contribution in [0.3, 0.4) is 0 Å². The Balaban J connectivity index is 2.69. The second-order valence-electron chi connectivity index (χ2n) is 2.13. The number of nitrogens with zero attached hydrogens (tertiary/aromatic N) is 4. The van der Waals surface area contributed by atoms with Gasteiger partial charge in [-0.15, -0.1) is 5.11 Å². The molecule has 1 aliphatic rings. The maximum Gasteiger partial charge on any atom is 0.272 e. The van der Waals surface area contributed by atoms with E-state index >= 15 is 0 Å². The van der Waals surface area contributed by atoms with Gasteiger partial charge >= 0.3 is 0 Å². The third-order valence-corrected chi connectivity index (χ3v) is 3.19. The minimum atomic E-state index is -0.175. The molecular formula is C5H2Br2N4O. The standard InChI is InChI=1S/C5H2Br2N4O/c6-3-4(7)10-11-2(12)1-8-9-5(3)11/h1H2. The Morgan fingerprint density at radius 1 is 1.42 bits per heavy atom. The van der Waals surface area contributed by atoms with Gasteiger partial charge in [0.1, 0.15) is 11.1 Å². The van der Waals surface area contributed by atoms with E-state index in [4.69, 9.17) is 0 Å². The normalized spacial score (nSPS) is 15.0. The van der Waals surface area contributed by atoms with Crippen molar-refractivity contribution in [2.24, 2.45) is 10.2 Å². The number of carbonyl (C=O) groups is 1. The predicted octanol–water partition coefficient (Wildman–Crippen LogP) is 2.15. The van der Waals surface area contributed by atoms with E-state index in [0.29, 0.717) is 14.9 Å². The molecule has 0 radical (unpaired) electrons. The van der Waals surface area contributed by atoms with Crippen LogP contribution in [0.1, 0.15) is 4.79 Å². The van der Waals surface area contributed by atoms with E-state index in [0.717, 1.165) is 0 Å². The molecule has 0 N–H and O–H groups in total. The number of hydrogen-bond acceptors (Lipinski definition) is 4. The molecule has 12 heavy (non-hydrogen) atoms. The third-order valence-electron chi connectivity index (χ3n) is 1.37. The highest BCUT2D eigenvalue weighted by Gasteiger charge is 2.21. The summed E-state index contributed by atoms with van der Waals surface area (Å²) in [5.74, 6) is 0.268. The second-order valence-corrected chi connectivity index (χ2v) is 3.68. The molecule has 2 heterocycles. The van der Waals surface area contributed by atoms with E-state index in [-0.39, 0.29) is 12.5 Å². The summed E-state index contributed by atoms with van der Waals surface area (Å²) in [5, 5.41) is 11.3. The summed E-state index contributed by atoms with van der Waals surface area (Å²) in [6.45, 7) is 0.0631. The van der Waals surface area contributed by atoms with Gasteiger partial charge in [-0.3, -0.25) is 4.79 Å². The zero-order chi connectivity index (χ0) is 8.72. The highest BCUT2D eigenvalue weighted by atomic mass is 79.9. The molecule has 1 aromatic rings. The van der Waals surface area contributed by atoms with E-state index in [9.17, 15) is 4.79 Å². The van der Waals surface area contributed by atoms with Gasteiger partial charge in [0.2, 0.25) is 0 Å². The number of azo groups is 1. The quantitative estimate of drug-likeness (QED) is 0.736. The fourth-order valence-corrected chi connectivity index (χ4v) is 1.52. The lowest BCUT2D eigenvalue weighted by Crippen LogP contribution is -2.17. The summed E-state index contributed by atoms with van der Waals surface area (Å²) in [6.07, 6.45) is 0. The minimum absolute atomic E-state index is 0.0631. The molecule has 0 atom stereocenters. The molecule has 0 unspecified atom stereocenters. The largest absolute Gasteiger partial charge is 0.272 e. The van der Waals surface area contributed by atoms with Gasteiger partial charge in [-0.05, 0) is 31.9 Å². The maximum absolute atomic E-state index is 11.2. The number of hydrogen-bond donors (Lipinski definition) is 0. The molecule has 0 aromatic carbocycles. The van der Waals surface area contributed by atoms with E-state index in [1.807, 2.05) is 0 Å². The molecule has 2 rings (SSSR count). The lowest BCUT2D eigenvalue weighted by molar-refractivity contribution is 0.0902. The van der Waals surface area contributed by atoms with Crippen molar-refractivity contribution in [1.29, 1.82) is 0 Å². The lowest BCUT2D eigenvalue weighted by atomic mass is 10.5. The maximum atomic E-state index is 11.2. The van der Waals surface area contributed by atoms with Crippen LogP contribution in [0.15, 0.2) is 19.3 Å². The van der Waals surface area contributed by atoms with Crippen LogP contribution in [0.4, 0.5) is 5.82 Å². The van der Waals surface area contributed by atoms with E-state index in [2.05, 4.69) is 47.2 Å². The summed E-state index contributed by atoms with van der Waals surface area (Å²) >= 11 is 6.40. The minimum Gasteiger partial charge on any atom is -0.270 e. The average molecular weight is 294 g/mol. The van der Waals surface area contributed by atoms with Gasteiger partial charge in [0.05, 0.1) is 4.47 Å². The van der Waals surface area contributed by atoms with Crippen molar-refractivity contribution in [3.05, 3.63) is 9.08 Å². The predicted molar refractivity (Wildman–Crippen MR) is 47.6 cm³/mol. The Kier molecular flexibility index (Phi) is 1.84. The van der Waals surface area contributed by atoms with Crippen molar-refractivity contribution in [2.45, 2.75) is 0 Å². The van der Waals surface area contributed by atoms with Gasteiger partial charge in [-0.25, -0.2) is 0 Å². The average Bonchev–Trinajstić information content (AvgIpc) is 2.32. The molecule has 0 amide bonds. The van der Waals surface area contributed by atoms with Crippen LogP contribution < -0.4 is 0 Å².